The number of carbonyl (C=O) groups excluding carboxylic acids is 3. The van der Waals surface area contributed by atoms with Crippen molar-refractivity contribution in [1.82, 2.24) is 24.7 Å². The lowest BCUT2D eigenvalue weighted by Crippen LogP contribution is -2.63. The van der Waals surface area contributed by atoms with Gasteiger partial charge in [-0.15, -0.1) is 0 Å². The van der Waals surface area contributed by atoms with E-state index in [2.05, 4.69) is 38.1 Å². The number of ether oxygens (including phenoxy) is 2. The van der Waals surface area contributed by atoms with Crippen molar-refractivity contribution in [2.75, 3.05) is 39.2 Å². The van der Waals surface area contributed by atoms with E-state index < -0.39 is 11.7 Å². The molecule has 0 saturated carbocycles. The van der Waals surface area contributed by atoms with Crippen molar-refractivity contribution >= 4 is 46.2 Å². The Morgan fingerprint density at radius 1 is 1.02 bits per heavy atom. The van der Waals surface area contributed by atoms with E-state index in [1.807, 2.05) is 61.7 Å². The third kappa shape index (κ3) is 6.70. The average molecular weight is 701 g/mol. The number of nitrogens with one attached hydrogen (secondary N) is 2. The molecule has 43 heavy (non-hydrogen) atoms. The first-order valence-corrected chi connectivity index (χ1v) is 15.2. The Kier molecular flexibility index (Phi) is 8.82. The Morgan fingerprint density at radius 3 is 2.26 bits per heavy atom. The van der Waals surface area contributed by atoms with Crippen LogP contribution in [0.5, 0.6) is 0 Å². The van der Waals surface area contributed by atoms with Crippen LogP contribution in [0.4, 0.5) is 10.5 Å². The number of nitrogens with zero attached hydrogens (tertiary/aromatic N) is 4. The summed E-state index contributed by atoms with van der Waals surface area (Å²) in [6.45, 7) is 8.84. The van der Waals surface area contributed by atoms with Gasteiger partial charge in [0.25, 0.3) is 11.8 Å². The molecule has 12 heteroatoms. The standard InChI is InChI=1S/C31H37IN6O5/c1-30(2,3)43-29(41)34-23-12-8-20(9-13-23)16-33-27(39)26-35-25(32)24-31(18-42-19-31)37(14-15-38(24)26)17-21-6-10-22(11-7-21)28(40)36(4)5/h6-13H,14-19H2,1-5H3,(H,33,39)(H,34,41). The molecule has 5 rings (SSSR count). The maximum Gasteiger partial charge on any atom is 0.412 e. The summed E-state index contributed by atoms with van der Waals surface area (Å²) in [5, 5.41) is 5.70. The van der Waals surface area contributed by atoms with E-state index in [1.165, 1.54) is 0 Å². The van der Waals surface area contributed by atoms with E-state index in [9.17, 15) is 14.4 Å². The lowest BCUT2D eigenvalue weighted by atomic mass is 9.88. The summed E-state index contributed by atoms with van der Waals surface area (Å²) in [5.74, 6) is 0.120. The number of aromatic nitrogens is 2. The number of rotatable bonds is 7. The van der Waals surface area contributed by atoms with Crippen LogP contribution in [0.1, 0.15) is 58.6 Å². The Morgan fingerprint density at radius 2 is 1.67 bits per heavy atom. The van der Waals surface area contributed by atoms with Gasteiger partial charge in [0.2, 0.25) is 0 Å². The average Bonchev–Trinajstić information content (AvgIpc) is 3.27. The van der Waals surface area contributed by atoms with E-state index in [-0.39, 0.29) is 17.4 Å². The summed E-state index contributed by atoms with van der Waals surface area (Å²) in [6.07, 6.45) is -0.519. The molecule has 0 unspecified atom stereocenters. The molecule has 2 N–H and O–H groups in total. The van der Waals surface area contributed by atoms with Crippen molar-refractivity contribution in [3.8, 4) is 0 Å². The maximum absolute atomic E-state index is 13.3. The molecule has 1 fully saturated rings. The Bertz CT molecular complexity index is 1510. The van der Waals surface area contributed by atoms with Crippen molar-refractivity contribution < 1.29 is 23.9 Å². The fourth-order valence-corrected chi connectivity index (χ4v) is 6.33. The van der Waals surface area contributed by atoms with Gasteiger partial charge in [-0.3, -0.25) is 19.8 Å². The SMILES string of the molecule is CN(C)C(=O)c1ccc(CN2CCn3c(C(=O)NCc4ccc(NC(=O)OC(C)(C)C)cc4)nc(I)c3C23COC3)cc1. The fourth-order valence-electron chi connectivity index (χ4n) is 5.31. The molecule has 0 atom stereocenters. The smallest absolute Gasteiger partial charge is 0.412 e. The minimum Gasteiger partial charge on any atom is -0.444 e. The van der Waals surface area contributed by atoms with Crippen LogP contribution in [0, 0.1) is 3.70 Å². The number of anilines is 1. The molecule has 0 aliphatic carbocycles. The largest absolute Gasteiger partial charge is 0.444 e. The minimum absolute atomic E-state index is 0.0233. The topological polar surface area (TPSA) is 118 Å². The third-order valence-electron chi connectivity index (χ3n) is 7.48. The normalized spacial score (nSPS) is 15.8. The summed E-state index contributed by atoms with van der Waals surface area (Å²) in [5.41, 5.74) is 3.32. The zero-order valence-corrected chi connectivity index (χ0v) is 27.2. The number of fused-ring (bicyclic) bond motifs is 2. The van der Waals surface area contributed by atoms with E-state index in [0.717, 1.165) is 27.1 Å². The van der Waals surface area contributed by atoms with Gasteiger partial charge < -0.3 is 24.3 Å². The molecule has 1 aromatic heterocycles. The van der Waals surface area contributed by atoms with E-state index in [1.54, 1.807) is 31.1 Å². The molecule has 3 amide bonds. The van der Waals surface area contributed by atoms with Gasteiger partial charge in [-0.2, -0.15) is 0 Å². The van der Waals surface area contributed by atoms with Crippen LogP contribution in [0.2, 0.25) is 0 Å². The molecule has 1 spiro atoms. The molecule has 11 nitrogen and oxygen atoms in total. The molecule has 2 aliphatic heterocycles. The van der Waals surface area contributed by atoms with Crippen molar-refractivity contribution in [3.05, 3.63) is 80.4 Å². The van der Waals surface area contributed by atoms with Gasteiger partial charge >= 0.3 is 6.09 Å². The van der Waals surface area contributed by atoms with Crippen LogP contribution in [0.3, 0.4) is 0 Å². The third-order valence-corrected chi connectivity index (χ3v) is 8.23. The predicted molar refractivity (Wildman–Crippen MR) is 170 cm³/mol. The maximum atomic E-state index is 13.3. The highest BCUT2D eigenvalue weighted by atomic mass is 127. The number of hydrogen-bond acceptors (Lipinski definition) is 7. The van der Waals surface area contributed by atoms with Gasteiger partial charge in [0.15, 0.2) is 5.82 Å². The number of carbonyl (C=O) groups is 3. The molecule has 0 radical (unpaired) electrons. The molecule has 3 heterocycles. The van der Waals surface area contributed by atoms with Crippen LogP contribution >= 0.6 is 22.6 Å². The summed E-state index contributed by atoms with van der Waals surface area (Å²) in [7, 11) is 3.49. The molecule has 0 bridgehead atoms. The van der Waals surface area contributed by atoms with E-state index in [4.69, 9.17) is 14.5 Å². The highest BCUT2D eigenvalue weighted by Crippen LogP contribution is 2.42. The van der Waals surface area contributed by atoms with Crippen molar-refractivity contribution in [3.63, 3.8) is 0 Å². The number of amides is 3. The first-order valence-electron chi connectivity index (χ1n) is 14.1. The lowest BCUT2D eigenvalue weighted by Gasteiger charge is -2.52. The van der Waals surface area contributed by atoms with Crippen molar-refractivity contribution in [2.45, 2.75) is 51.5 Å². The molecule has 2 aromatic carbocycles. The Labute approximate surface area is 265 Å². The number of imidazole rings is 1. The monoisotopic (exact) mass is 700 g/mol. The van der Waals surface area contributed by atoms with Gasteiger partial charge in [0.1, 0.15) is 14.8 Å². The van der Waals surface area contributed by atoms with Gasteiger partial charge in [0, 0.05) is 51.5 Å². The van der Waals surface area contributed by atoms with E-state index >= 15 is 0 Å². The fraction of sp³-hybridized carbons (Fsp3) is 0.419. The van der Waals surface area contributed by atoms with Crippen LogP contribution in [-0.4, -0.2) is 76.7 Å². The summed E-state index contributed by atoms with van der Waals surface area (Å²) in [6, 6.07) is 15.0. The molecular formula is C31H37IN6O5. The zero-order valence-electron chi connectivity index (χ0n) is 25.1. The van der Waals surface area contributed by atoms with Gasteiger partial charge in [-0.05, 0) is 78.8 Å². The number of benzene rings is 2. The highest BCUT2D eigenvalue weighted by molar-refractivity contribution is 14.1. The Balaban J connectivity index is 1.25. The predicted octanol–water partition coefficient (Wildman–Crippen LogP) is 4.21. The highest BCUT2D eigenvalue weighted by Gasteiger charge is 2.52. The summed E-state index contributed by atoms with van der Waals surface area (Å²) < 4.78 is 13.8. The molecule has 1 saturated heterocycles. The van der Waals surface area contributed by atoms with Crippen LogP contribution in [0.25, 0.3) is 0 Å². The molecule has 2 aliphatic rings. The van der Waals surface area contributed by atoms with Crippen LogP contribution in [-0.2, 0) is 34.6 Å². The van der Waals surface area contributed by atoms with Crippen molar-refractivity contribution in [1.29, 1.82) is 0 Å². The lowest BCUT2D eigenvalue weighted by molar-refractivity contribution is -0.163. The first-order chi connectivity index (χ1) is 20.4. The number of hydrogen-bond donors (Lipinski definition) is 2. The summed E-state index contributed by atoms with van der Waals surface area (Å²) in [4.78, 5) is 46.3. The second kappa shape index (κ2) is 12.2. The minimum atomic E-state index is -0.581. The second-order valence-corrected chi connectivity index (χ2v) is 13.1. The second-order valence-electron chi connectivity index (χ2n) is 12.1. The quantitative estimate of drug-likeness (QED) is 0.355. The number of halogens is 1. The summed E-state index contributed by atoms with van der Waals surface area (Å²) >= 11 is 2.22. The molecule has 3 aromatic rings. The van der Waals surface area contributed by atoms with Gasteiger partial charge in [-0.1, -0.05) is 24.3 Å². The molecule has 228 valence electrons. The zero-order chi connectivity index (χ0) is 30.9. The van der Waals surface area contributed by atoms with Crippen molar-refractivity contribution in [2.24, 2.45) is 0 Å². The van der Waals surface area contributed by atoms with Gasteiger partial charge in [-0.25, -0.2) is 9.78 Å². The Hall–Kier alpha value is -3.49. The van der Waals surface area contributed by atoms with E-state index in [0.29, 0.717) is 49.9 Å². The van der Waals surface area contributed by atoms with Crippen LogP contribution in [0.15, 0.2) is 48.5 Å². The first kappa shape index (κ1) is 31.0. The van der Waals surface area contributed by atoms with Crippen LogP contribution < -0.4 is 10.6 Å². The molecular weight excluding hydrogens is 663 g/mol. The van der Waals surface area contributed by atoms with Gasteiger partial charge in [0.05, 0.1) is 18.9 Å².